The number of nitrogens with zero attached hydrogens (tertiary/aromatic N) is 1. The summed E-state index contributed by atoms with van der Waals surface area (Å²) in [6, 6.07) is 6.44. The zero-order chi connectivity index (χ0) is 11.1. The molecule has 2 rings (SSSR count). The van der Waals surface area contributed by atoms with Crippen LogP contribution < -0.4 is 0 Å². The third kappa shape index (κ3) is 1.65. The monoisotopic (exact) mass is 199 g/mol. The van der Waals surface area contributed by atoms with Gasteiger partial charge in [0.05, 0.1) is 11.6 Å². The van der Waals surface area contributed by atoms with Gasteiger partial charge in [0, 0.05) is 0 Å². The maximum atomic E-state index is 9.05. The molecule has 0 atom stereocenters. The van der Waals surface area contributed by atoms with E-state index in [2.05, 4.69) is 32.9 Å². The summed E-state index contributed by atoms with van der Waals surface area (Å²) in [6.07, 6.45) is 3.44. The van der Waals surface area contributed by atoms with Gasteiger partial charge in [0.2, 0.25) is 0 Å². The van der Waals surface area contributed by atoms with E-state index in [0.717, 1.165) is 18.4 Å². The Morgan fingerprint density at radius 2 is 1.80 bits per heavy atom. The molecule has 0 aliphatic heterocycles. The second-order valence-electron chi connectivity index (χ2n) is 5.33. The minimum atomic E-state index is 0.197. The van der Waals surface area contributed by atoms with Crippen LogP contribution in [0.15, 0.2) is 12.1 Å². The molecule has 0 N–H and O–H groups in total. The third-order valence-electron chi connectivity index (χ3n) is 3.21. The van der Waals surface area contributed by atoms with Crippen LogP contribution in [0.4, 0.5) is 0 Å². The maximum absolute atomic E-state index is 9.05. The third-order valence-corrected chi connectivity index (χ3v) is 3.21. The first-order valence-electron chi connectivity index (χ1n) is 5.59. The SMILES string of the molecule is CC(C)(C)c1ccc(C#N)c2c1CCC2. The number of hydrogen-bond acceptors (Lipinski definition) is 1. The highest BCUT2D eigenvalue weighted by atomic mass is 14.3. The second-order valence-corrected chi connectivity index (χ2v) is 5.33. The fourth-order valence-corrected chi connectivity index (χ4v) is 2.51. The zero-order valence-electron chi connectivity index (χ0n) is 9.72. The Morgan fingerprint density at radius 3 is 2.40 bits per heavy atom. The lowest BCUT2D eigenvalue weighted by Gasteiger charge is -2.23. The van der Waals surface area contributed by atoms with Crippen molar-refractivity contribution in [2.45, 2.75) is 45.4 Å². The average Bonchev–Trinajstić information content (AvgIpc) is 2.62. The van der Waals surface area contributed by atoms with E-state index in [0.29, 0.717) is 0 Å². The molecule has 1 aromatic rings. The number of nitriles is 1. The van der Waals surface area contributed by atoms with E-state index in [-0.39, 0.29) is 5.41 Å². The molecule has 1 heteroatoms. The molecule has 0 amide bonds. The number of hydrogen-bond donors (Lipinski definition) is 0. The Labute approximate surface area is 91.7 Å². The summed E-state index contributed by atoms with van der Waals surface area (Å²) in [7, 11) is 0. The van der Waals surface area contributed by atoms with E-state index in [1.807, 2.05) is 6.07 Å². The summed E-state index contributed by atoms with van der Waals surface area (Å²) in [4.78, 5) is 0. The molecule has 1 aliphatic carbocycles. The van der Waals surface area contributed by atoms with E-state index < -0.39 is 0 Å². The smallest absolute Gasteiger partial charge is 0.0994 e. The lowest BCUT2D eigenvalue weighted by Crippen LogP contribution is -2.14. The van der Waals surface area contributed by atoms with E-state index in [1.54, 1.807) is 0 Å². The first kappa shape index (κ1) is 10.2. The van der Waals surface area contributed by atoms with Gasteiger partial charge in [-0.2, -0.15) is 5.26 Å². The molecule has 0 fully saturated rings. The topological polar surface area (TPSA) is 23.8 Å². The van der Waals surface area contributed by atoms with E-state index >= 15 is 0 Å². The van der Waals surface area contributed by atoms with Crippen molar-refractivity contribution in [3.05, 3.63) is 34.4 Å². The molecule has 0 spiro atoms. The lowest BCUT2D eigenvalue weighted by atomic mass is 9.82. The molecule has 15 heavy (non-hydrogen) atoms. The molecular formula is C14H17N. The molecule has 78 valence electrons. The van der Waals surface area contributed by atoms with Crippen LogP contribution in [0.1, 0.15) is 49.4 Å². The zero-order valence-corrected chi connectivity index (χ0v) is 9.72. The quantitative estimate of drug-likeness (QED) is 0.628. The Balaban J connectivity index is 2.63. The van der Waals surface area contributed by atoms with E-state index in [9.17, 15) is 0 Å². The first-order valence-corrected chi connectivity index (χ1v) is 5.59. The number of rotatable bonds is 0. The van der Waals surface area contributed by atoms with Crippen molar-refractivity contribution in [3.63, 3.8) is 0 Å². The molecule has 1 aromatic carbocycles. The Morgan fingerprint density at radius 1 is 1.13 bits per heavy atom. The van der Waals surface area contributed by atoms with Crippen LogP contribution in [0, 0.1) is 11.3 Å². The van der Waals surface area contributed by atoms with Crippen LogP contribution in [-0.2, 0) is 18.3 Å². The Kier molecular flexibility index (Phi) is 2.31. The van der Waals surface area contributed by atoms with Crippen molar-refractivity contribution in [3.8, 4) is 6.07 Å². The van der Waals surface area contributed by atoms with Crippen molar-refractivity contribution in [2.75, 3.05) is 0 Å². The van der Waals surface area contributed by atoms with Gasteiger partial charge in [-0.3, -0.25) is 0 Å². The van der Waals surface area contributed by atoms with Crippen LogP contribution in [0.5, 0.6) is 0 Å². The van der Waals surface area contributed by atoms with Crippen molar-refractivity contribution < 1.29 is 0 Å². The van der Waals surface area contributed by atoms with Gasteiger partial charge in [0.25, 0.3) is 0 Å². The summed E-state index contributed by atoms with van der Waals surface area (Å²) in [6.45, 7) is 6.73. The fraction of sp³-hybridized carbons (Fsp3) is 0.500. The van der Waals surface area contributed by atoms with E-state index in [1.165, 1.54) is 23.1 Å². The molecular weight excluding hydrogens is 182 g/mol. The number of fused-ring (bicyclic) bond motifs is 1. The fourth-order valence-electron chi connectivity index (χ4n) is 2.51. The van der Waals surface area contributed by atoms with Gasteiger partial charge in [-0.15, -0.1) is 0 Å². The van der Waals surface area contributed by atoms with Gasteiger partial charge in [-0.1, -0.05) is 26.8 Å². The Hall–Kier alpha value is -1.29. The van der Waals surface area contributed by atoms with Crippen LogP contribution in [0.2, 0.25) is 0 Å². The van der Waals surface area contributed by atoms with Crippen LogP contribution in [0.25, 0.3) is 0 Å². The highest BCUT2D eigenvalue weighted by molar-refractivity contribution is 5.51. The van der Waals surface area contributed by atoms with Gasteiger partial charge in [0.15, 0.2) is 0 Å². The second kappa shape index (κ2) is 3.38. The van der Waals surface area contributed by atoms with Crippen molar-refractivity contribution in [1.82, 2.24) is 0 Å². The largest absolute Gasteiger partial charge is 0.192 e. The highest BCUT2D eigenvalue weighted by Gasteiger charge is 2.24. The van der Waals surface area contributed by atoms with E-state index in [4.69, 9.17) is 5.26 Å². The molecule has 1 nitrogen and oxygen atoms in total. The molecule has 0 heterocycles. The average molecular weight is 199 g/mol. The molecule has 1 aliphatic rings. The summed E-state index contributed by atoms with van der Waals surface area (Å²) in [5.74, 6) is 0. The van der Waals surface area contributed by atoms with Crippen LogP contribution >= 0.6 is 0 Å². The summed E-state index contributed by atoms with van der Waals surface area (Å²) < 4.78 is 0. The van der Waals surface area contributed by atoms with Gasteiger partial charge in [0.1, 0.15) is 0 Å². The van der Waals surface area contributed by atoms with Gasteiger partial charge >= 0.3 is 0 Å². The molecule has 0 radical (unpaired) electrons. The van der Waals surface area contributed by atoms with Crippen molar-refractivity contribution in [1.29, 1.82) is 5.26 Å². The minimum Gasteiger partial charge on any atom is -0.192 e. The molecule has 0 saturated carbocycles. The van der Waals surface area contributed by atoms with Gasteiger partial charge in [-0.05, 0) is 47.4 Å². The summed E-state index contributed by atoms with van der Waals surface area (Å²) >= 11 is 0. The predicted molar refractivity (Wildman–Crippen MR) is 61.9 cm³/mol. The summed E-state index contributed by atoms with van der Waals surface area (Å²) in [5.41, 5.74) is 5.26. The predicted octanol–water partition coefficient (Wildman–Crippen LogP) is 3.34. The first-order chi connectivity index (χ1) is 7.04. The number of benzene rings is 1. The maximum Gasteiger partial charge on any atom is 0.0994 e. The normalized spacial score (nSPS) is 14.8. The van der Waals surface area contributed by atoms with Gasteiger partial charge in [-0.25, -0.2) is 0 Å². The molecule has 0 bridgehead atoms. The molecule has 0 unspecified atom stereocenters. The lowest BCUT2D eigenvalue weighted by molar-refractivity contribution is 0.583. The van der Waals surface area contributed by atoms with Crippen LogP contribution in [0.3, 0.4) is 0 Å². The summed E-state index contributed by atoms with van der Waals surface area (Å²) in [5, 5.41) is 9.05. The van der Waals surface area contributed by atoms with Crippen molar-refractivity contribution in [2.24, 2.45) is 0 Å². The Bertz CT molecular complexity index is 430. The standard InChI is InChI=1S/C14H17N/c1-14(2,3)13-8-7-10(9-15)11-5-4-6-12(11)13/h7-8H,4-6H2,1-3H3. The highest BCUT2D eigenvalue weighted by Crippen LogP contribution is 2.34. The molecule has 0 saturated heterocycles. The van der Waals surface area contributed by atoms with Crippen molar-refractivity contribution >= 4 is 0 Å². The minimum absolute atomic E-state index is 0.197. The molecule has 0 aromatic heterocycles. The van der Waals surface area contributed by atoms with Crippen LogP contribution in [-0.4, -0.2) is 0 Å². The van der Waals surface area contributed by atoms with Gasteiger partial charge < -0.3 is 0 Å².